The van der Waals surface area contributed by atoms with Crippen LogP contribution in [0.5, 0.6) is 0 Å². The van der Waals surface area contributed by atoms with Crippen LogP contribution in [0, 0.1) is 12.7 Å². The van der Waals surface area contributed by atoms with Gasteiger partial charge in [0, 0.05) is 19.4 Å². The molecule has 0 aliphatic rings. The summed E-state index contributed by atoms with van der Waals surface area (Å²) in [6.45, 7) is 4.36. The van der Waals surface area contributed by atoms with Crippen LogP contribution in [0.15, 0.2) is 28.7 Å². The van der Waals surface area contributed by atoms with Crippen LogP contribution < -0.4 is 5.32 Å². The maximum absolute atomic E-state index is 13.7. The Morgan fingerprint density at radius 1 is 1.36 bits per heavy atom. The van der Waals surface area contributed by atoms with E-state index in [1.54, 1.807) is 25.1 Å². The molecule has 1 heterocycles. The first-order valence-corrected chi connectivity index (χ1v) is 7.59. The highest BCUT2D eigenvalue weighted by Crippen LogP contribution is 2.24. The van der Waals surface area contributed by atoms with Gasteiger partial charge in [-0.05, 0) is 25.5 Å². The van der Waals surface area contributed by atoms with Gasteiger partial charge in [-0.3, -0.25) is 4.79 Å². The van der Waals surface area contributed by atoms with E-state index in [-0.39, 0.29) is 17.6 Å². The van der Waals surface area contributed by atoms with Crippen LogP contribution in [-0.2, 0) is 11.2 Å². The predicted octanol–water partition coefficient (Wildman–Crippen LogP) is 3.64. The third-order valence-corrected chi connectivity index (χ3v) is 3.44. The van der Waals surface area contributed by atoms with Crippen molar-refractivity contribution in [1.29, 1.82) is 0 Å². The summed E-state index contributed by atoms with van der Waals surface area (Å²) >= 11 is 0. The number of aryl methyl sites for hydroxylation is 1. The van der Waals surface area contributed by atoms with E-state index in [0.717, 1.165) is 18.5 Å². The minimum atomic E-state index is -0.358. The third kappa shape index (κ3) is 4.16. The lowest BCUT2D eigenvalue weighted by molar-refractivity contribution is -0.121. The number of aromatic nitrogens is 1. The van der Waals surface area contributed by atoms with Crippen LogP contribution in [0.3, 0.4) is 0 Å². The SMILES string of the molecule is CCCCC(=O)NCCc1nc(-c2ccccc2F)oc1C. The number of amides is 1. The van der Waals surface area contributed by atoms with E-state index in [4.69, 9.17) is 4.42 Å². The van der Waals surface area contributed by atoms with Gasteiger partial charge in [0.2, 0.25) is 11.8 Å². The number of unbranched alkanes of at least 4 members (excludes halogenated alkanes) is 1. The van der Waals surface area contributed by atoms with Gasteiger partial charge in [0.25, 0.3) is 0 Å². The predicted molar refractivity (Wildman–Crippen MR) is 82.9 cm³/mol. The van der Waals surface area contributed by atoms with E-state index in [9.17, 15) is 9.18 Å². The highest BCUT2D eigenvalue weighted by molar-refractivity contribution is 5.75. The van der Waals surface area contributed by atoms with Crippen LogP contribution >= 0.6 is 0 Å². The van der Waals surface area contributed by atoms with E-state index < -0.39 is 0 Å². The number of oxazole rings is 1. The molecule has 0 bridgehead atoms. The van der Waals surface area contributed by atoms with Crippen molar-refractivity contribution in [2.45, 2.75) is 39.5 Å². The zero-order chi connectivity index (χ0) is 15.9. The first-order chi connectivity index (χ1) is 10.6. The van der Waals surface area contributed by atoms with Crippen molar-refractivity contribution in [2.24, 2.45) is 0 Å². The van der Waals surface area contributed by atoms with Crippen LogP contribution in [-0.4, -0.2) is 17.4 Å². The Morgan fingerprint density at radius 3 is 2.86 bits per heavy atom. The average Bonchev–Trinajstić information content (AvgIpc) is 2.86. The summed E-state index contributed by atoms with van der Waals surface area (Å²) in [5.74, 6) is 0.629. The molecule has 5 heteroatoms. The molecule has 118 valence electrons. The van der Waals surface area contributed by atoms with Gasteiger partial charge in [-0.2, -0.15) is 0 Å². The molecule has 4 nitrogen and oxygen atoms in total. The van der Waals surface area contributed by atoms with Crippen LogP contribution in [0.2, 0.25) is 0 Å². The van der Waals surface area contributed by atoms with E-state index >= 15 is 0 Å². The lowest BCUT2D eigenvalue weighted by Crippen LogP contribution is -2.25. The van der Waals surface area contributed by atoms with Gasteiger partial charge in [0.05, 0.1) is 11.3 Å². The van der Waals surface area contributed by atoms with Gasteiger partial charge >= 0.3 is 0 Å². The summed E-state index contributed by atoms with van der Waals surface area (Å²) in [4.78, 5) is 15.9. The smallest absolute Gasteiger partial charge is 0.229 e. The molecule has 0 spiro atoms. The minimum absolute atomic E-state index is 0.0531. The Labute approximate surface area is 129 Å². The lowest BCUT2D eigenvalue weighted by atomic mass is 10.2. The second-order valence-electron chi connectivity index (χ2n) is 5.21. The van der Waals surface area contributed by atoms with Crippen molar-refractivity contribution >= 4 is 5.91 Å². The summed E-state index contributed by atoms with van der Waals surface area (Å²) in [5.41, 5.74) is 1.10. The van der Waals surface area contributed by atoms with Crippen molar-refractivity contribution in [3.8, 4) is 11.5 Å². The van der Waals surface area contributed by atoms with E-state index in [0.29, 0.717) is 30.7 Å². The number of nitrogens with one attached hydrogen (secondary N) is 1. The van der Waals surface area contributed by atoms with Gasteiger partial charge in [0.15, 0.2) is 0 Å². The van der Waals surface area contributed by atoms with Gasteiger partial charge in [0.1, 0.15) is 11.6 Å². The molecule has 1 N–H and O–H groups in total. The third-order valence-electron chi connectivity index (χ3n) is 3.44. The van der Waals surface area contributed by atoms with E-state index in [2.05, 4.69) is 17.2 Å². The van der Waals surface area contributed by atoms with Crippen molar-refractivity contribution in [2.75, 3.05) is 6.54 Å². The number of benzene rings is 1. The standard InChI is InChI=1S/C17H21FN2O2/c1-3-4-9-16(21)19-11-10-15-12(2)22-17(20-15)13-7-5-6-8-14(13)18/h5-8H,3-4,9-11H2,1-2H3,(H,19,21). The number of halogens is 1. The molecular weight excluding hydrogens is 283 g/mol. The van der Waals surface area contributed by atoms with Crippen LogP contribution in [0.25, 0.3) is 11.5 Å². The quantitative estimate of drug-likeness (QED) is 0.849. The fourth-order valence-electron chi connectivity index (χ4n) is 2.16. The molecule has 0 unspecified atom stereocenters. The molecule has 0 saturated carbocycles. The molecule has 0 saturated heterocycles. The number of hydrogen-bond acceptors (Lipinski definition) is 3. The molecule has 0 atom stereocenters. The highest BCUT2D eigenvalue weighted by atomic mass is 19.1. The number of hydrogen-bond donors (Lipinski definition) is 1. The lowest BCUT2D eigenvalue weighted by Gasteiger charge is -2.03. The molecule has 0 aliphatic heterocycles. The summed E-state index contributed by atoms with van der Waals surface area (Å²) < 4.78 is 19.3. The molecular formula is C17H21FN2O2. The molecule has 1 aromatic carbocycles. The first-order valence-electron chi connectivity index (χ1n) is 7.59. The summed E-state index contributed by atoms with van der Waals surface area (Å²) in [7, 11) is 0. The molecule has 1 aromatic heterocycles. The average molecular weight is 304 g/mol. The van der Waals surface area contributed by atoms with Crippen molar-refractivity contribution in [3.63, 3.8) is 0 Å². The van der Waals surface area contributed by atoms with Crippen molar-refractivity contribution in [3.05, 3.63) is 41.5 Å². The van der Waals surface area contributed by atoms with Crippen LogP contribution in [0.1, 0.15) is 37.6 Å². The number of nitrogens with zero attached hydrogens (tertiary/aromatic N) is 1. The summed E-state index contributed by atoms with van der Waals surface area (Å²) in [6, 6.07) is 6.38. The Hall–Kier alpha value is -2.17. The minimum Gasteiger partial charge on any atom is -0.441 e. The second-order valence-corrected chi connectivity index (χ2v) is 5.21. The Bertz CT molecular complexity index is 637. The summed E-state index contributed by atoms with van der Waals surface area (Å²) in [5, 5.41) is 2.86. The number of carbonyl (C=O) groups excluding carboxylic acids is 1. The number of rotatable bonds is 7. The topological polar surface area (TPSA) is 55.1 Å². The van der Waals surface area contributed by atoms with E-state index in [1.807, 2.05) is 0 Å². The number of carbonyl (C=O) groups is 1. The van der Waals surface area contributed by atoms with Gasteiger partial charge in [-0.15, -0.1) is 0 Å². The first kappa shape index (κ1) is 16.2. The van der Waals surface area contributed by atoms with Crippen molar-refractivity contribution in [1.82, 2.24) is 10.3 Å². The second kappa shape index (κ2) is 7.73. The van der Waals surface area contributed by atoms with Crippen molar-refractivity contribution < 1.29 is 13.6 Å². The van der Waals surface area contributed by atoms with Gasteiger partial charge in [-0.1, -0.05) is 25.5 Å². The fourth-order valence-corrected chi connectivity index (χ4v) is 2.16. The Kier molecular flexibility index (Phi) is 5.69. The molecule has 0 radical (unpaired) electrons. The zero-order valence-corrected chi connectivity index (χ0v) is 13.0. The van der Waals surface area contributed by atoms with Crippen LogP contribution in [0.4, 0.5) is 4.39 Å². The fraction of sp³-hybridized carbons (Fsp3) is 0.412. The maximum Gasteiger partial charge on any atom is 0.229 e. The molecule has 0 fully saturated rings. The molecule has 22 heavy (non-hydrogen) atoms. The molecule has 0 aliphatic carbocycles. The molecule has 2 aromatic rings. The largest absolute Gasteiger partial charge is 0.441 e. The Balaban J connectivity index is 1.96. The Morgan fingerprint density at radius 2 is 2.14 bits per heavy atom. The monoisotopic (exact) mass is 304 g/mol. The molecule has 1 amide bonds. The van der Waals surface area contributed by atoms with Gasteiger partial charge in [-0.25, -0.2) is 9.37 Å². The molecule has 2 rings (SSSR count). The van der Waals surface area contributed by atoms with E-state index in [1.165, 1.54) is 6.07 Å². The van der Waals surface area contributed by atoms with Gasteiger partial charge < -0.3 is 9.73 Å². The zero-order valence-electron chi connectivity index (χ0n) is 13.0. The highest BCUT2D eigenvalue weighted by Gasteiger charge is 2.14. The normalized spacial score (nSPS) is 10.7. The summed E-state index contributed by atoms with van der Waals surface area (Å²) in [6.07, 6.45) is 3.02. The maximum atomic E-state index is 13.7.